The van der Waals surface area contributed by atoms with E-state index in [-0.39, 0.29) is 11.8 Å². The minimum atomic E-state index is -0.384. The summed E-state index contributed by atoms with van der Waals surface area (Å²) < 4.78 is 6.46. The van der Waals surface area contributed by atoms with E-state index in [1.54, 1.807) is 0 Å². The van der Waals surface area contributed by atoms with Gasteiger partial charge in [0.2, 0.25) is 0 Å². The van der Waals surface area contributed by atoms with E-state index in [1.165, 1.54) is 11.1 Å². The van der Waals surface area contributed by atoms with Crippen LogP contribution >= 0.6 is 12.2 Å². The molecule has 3 rings (SSSR count). The molecule has 1 aromatic carbocycles. The van der Waals surface area contributed by atoms with Gasteiger partial charge in [-0.3, -0.25) is 0 Å². The van der Waals surface area contributed by atoms with E-state index >= 15 is 0 Å². The largest absolute Gasteiger partial charge is 0.467 e. The normalized spacial score (nSPS) is 32.0. The molecule has 3 nitrogen and oxygen atoms in total. The number of hydrogen-bond donors (Lipinski definition) is 1. The van der Waals surface area contributed by atoms with Gasteiger partial charge in [0.1, 0.15) is 5.75 Å². The lowest BCUT2D eigenvalue weighted by molar-refractivity contribution is -0.124. The maximum atomic E-state index is 6.46. The molecule has 1 saturated heterocycles. The van der Waals surface area contributed by atoms with Crippen LogP contribution in [0.5, 0.6) is 5.75 Å². The molecular weight excluding hydrogens is 280 g/mol. The Morgan fingerprint density at radius 2 is 2.19 bits per heavy atom. The second kappa shape index (κ2) is 4.87. The van der Waals surface area contributed by atoms with Crippen molar-refractivity contribution in [2.24, 2.45) is 5.92 Å². The number of nitrogens with one attached hydrogen (secondary N) is 1. The summed E-state index contributed by atoms with van der Waals surface area (Å²) in [4.78, 5) is 2.24. The molecule has 0 amide bonds. The Bertz CT molecular complexity index is 588. The van der Waals surface area contributed by atoms with Gasteiger partial charge in [0.25, 0.3) is 0 Å². The fraction of sp³-hybridized carbons (Fsp3) is 0.588. The average molecular weight is 304 g/mol. The van der Waals surface area contributed by atoms with Crippen molar-refractivity contribution in [3.05, 3.63) is 29.3 Å². The standard InChI is InChI=1S/C17H24N2OS/c1-6-11(3)19-16(21)18-15-12(4)17(19,5)20-14-8-7-10(2)9-13(14)15/h7-9,11-12,15H,6H2,1-5H3,(H,18,21). The number of aryl methyl sites for hydroxylation is 1. The van der Waals surface area contributed by atoms with Gasteiger partial charge in [-0.15, -0.1) is 0 Å². The molecule has 0 aliphatic carbocycles. The molecule has 21 heavy (non-hydrogen) atoms. The second-order valence-electron chi connectivity index (χ2n) is 6.54. The third kappa shape index (κ3) is 2.03. The van der Waals surface area contributed by atoms with Crippen molar-refractivity contribution in [2.75, 3.05) is 0 Å². The molecule has 4 unspecified atom stereocenters. The van der Waals surface area contributed by atoms with Crippen molar-refractivity contribution >= 4 is 17.3 Å². The Balaban J connectivity index is 2.11. The number of rotatable bonds is 2. The number of nitrogens with zero attached hydrogens (tertiary/aromatic N) is 1. The molecule has 2 aliphatic heterocycles. The summed E-state index contributed by atoms with van der Waals surface area (Å²) in [5, 5.41) is 4.36. The van der Waals surface area contributed by atoms with Crippen LogP contribution in [0.1, 0.15) is 51.3 Å². The van der Waals surface area contributed by atoms with Crippen LogP contribution in [-0.4, -0.2) is 21.8 Å². The number of thiocarbonyl (C=S) groups is 1. The lowest BCUT2D eigenvalue weighted by Gasteiger charge is -2.57. The first kappa shape index (κ1) is 14.6. The molecule has 1 aromatic rings. The van der Waals surface area contributed by atoms with Gasteiger partial charge in [0.05, 0.1) is 6.04 Å². The molecular formula is C17H24N2OS. The fourth-order valence-electron chi connectivity index (χ4n) is 3.59. The third-order valence-corrected chi connectivity index (χ3v) is 5.48. The van der Waals surface area contributed by atoms with Crippen molar-refractivity contribution in [3.8, 4) is 5.75 Å². The zero-order chi connectivity index (χ0) is 15.4. The van der Waals surface area contributed by atoms with Gasteiger partial charge in [0, 0.05) is 17.5 Å². The molecule has 0 spiro atoms. The predicted molar refractivity (Wildman–Crippen MR) is 89.4 cm³/mol. The molecule has 1 fully saturated rings. The number of benzene rings is 1. The van der Waals surface area contributed by atoms with E-state index in [4.69, 9.17) is 17.0 Å². The Kier molecular flexibility index (Phi) is 3.40. The van der Waals surface area contributed by atoms with Crippen LogP contribution in [0.2, 0.25) is 0 Å². The monoisotopic (exact) mass is 304 g/mol. The second-order valence-corrected chi connectivity index (χ2v) is 6.93. The minimum Gasteiger partial charge on any atom is -0.467 e. The molecule has 2 aliphatic rings. The summed E-state index contributed by atoms with van der Waals surface area (Å²) in [6.07, 6.45) is 1.04. The van der Waals surface area contributed by atoms with E-state index in [9.17, 15) is 0 Å². The Hall–Kier alpha value is -1.29. The highest BCUT2D eigenvalue weighted by molar-refractivity contribution is 7.80. The molecule has 114 valence electrons. The van der Waals surface area contributed by atoms with Crippen LogP contribution in [-0.2, 0) is 0 Å². The Labute approximate surface area is 132 Å². The molecule has 0 aromatic heterocycles. The van der Waals surface area contributed by atoms with Crippen LogP contribution in [0.25, 0.3) is 0 Å². The van der Waals surface area contributed by atoms with Crippen molar-refractivity contribution in [1.82, 2.24) is 10.2 Å². The van der Waals surface area contributed by atoms with E-state index in [2.05, 4.69) is 63.0 Å². The van der Waals surface area contributed by atoms with E-state index < -0.39 is 0 Å². The zero-order valence-corrected chi connectivity index (χ0v) is 14.3. The topological polar surface area (TPSA) is 24.5 Å². The summed E-state index contributed by atoms with van der Waals surface area (Å²) in [6.45, 7) is 10.9. The van der Waals surface area contributed by atoms with Gasteiger partial charge in [-0.1, -0.05) is 31.5 Å². The number of ether oxygens (including phenoxy) is 1. The summed E-state index contributed by atoms with van der Waals surface area (Å²) in [5.74, 6) is 1.31. The first-order chi connectivity index (χ1) is 9.88. The molecule has 1 N–H and O–H groups in total. The van der Waals surface area contributed by atoms with Gasteiger partial charge in [-0.25, -0.2) is 0 Å². The summed E-state index contributed by atoms with van der Waals surface area (Å²) >= 11 is 5.65. The quantitative estimate of drug-likeness (QED) is 0.841. The Morgan fingerprint density at radius 1 is 1.48 bits per heavy atom. The molecule has 0 saturated carbocycles. The highest BCUT2D eigenvalue weighted by Crippen LogP contribution is 2.48. The minimum absolute atomic E-state index is 0.228. The third-order valence-electron chi connectivity index (χ3n) is 5.17. The lowest BCUT2D eigenvalue weighted by atomic mass is 9.80. The number of hydrogen-bond acceptors (Lipinski definition) is 2. The van der Waals surface area contributed by atoms with Crippen molar-refractivity contribution in [2.45, 2.75) is 58.8 Å². The van der Waals surface area contributed by atoms with E-state index in [0.29, 0.717) is 12.0 Å². The SMILES string of the molecule is CCC(C)N1C(=S)NC2c3cc(C)ccc3OC1(C)C2C. The van der Waals surface area contributed by atoms with E-state index in [1.807, 2.05) is 0 Å². The van der Waals surface area contributed by atoms with Crippen LogP contribution in [0.15, 0.2) is 18.2 Å². The fourth-order valence-corrected chi connectivity index (χ4v) is 4.08. The molecule has 2 bridgehead atoms. The van der Waals surface area contributed by atoms with Gasteiger partial charge < -0.3 is 15.0 Å². The highest BCUT2D eigenvalue weighted by Gasteiger charge is 2.54. The summed E-state index contributed by atoms with van der Waals surface area (Å²) in [7, 11) is 0. The summed E-state index contributed by atoms with van der Waals surface area (Å²) in [6, 6.07) is 6.99. The Morgan fingerprint density at radius 3 is 2.86 bits per heavy atom. The van der Waals surface area contributed by atoms with Crippen LogP contribution < -0.4 is 10.1 Å². The first-order valence-electron chi connectivity index (χ1n) is 7.78. The van der Waals surface area contributed by atoms with Crippen molar-refractivity contribution in [1.29, 1.82) is 0 Å². The average Bonchev–Trinajstić information content (AvgIpc) is 2.43. The maximum Gasteiger partial charge on any atom is 0.187 e. The van der Waals surface area contributed by atoms with Crippen molar-refractivity contribution in [3.63, 3.8) is 0 Å². The molecule has 4 atom stereocenters. The molecule has 0 radical (unpaired) electrons. The van der Waals surface area contributed by atoms with Gasteiger partial charge in [-0.2, -0.15) is 0 Å². The van der Waals surface area contributed by atoms with Crippen LogP contribution in [0, 0.1) is 12.8 Å². The smallest absolute Gasteiger partial charge is 0.187 e. The van der Waals surface area contributed by atoms with Gasteiger partial charge >= 0.3 is 0 Å². The maximum absolute atomic E-state index is 6.46. The van der Waals surface area contributed by atoms with Crippen LogP contribution in [0.3, 0.4) is 0 Å². The lowest BCUT2D eigenvalue weighted by Crippen LogP contribution is -2.70. The summed E-state index contributed by atoms with van der Waals surface area (Å²) in [5.41, 5.74) is 2.10. The van der Waals surface area contributed by atoms with E-state index in [0.717, 1.165) is 17.3 Å². The number of fused-ring (bicyclic) bond motifs is 4. The molecule has 4 heteroatoms. The first-order valence-corrected chi connectivity index (χ1v) is 8.18. The van der Waals surface area contributed by atoms with Crippen LogP contribution in [0.4, 0.5) is 0 Å². The van der Waals surface area contributed by atoms with Gasteiger partial charge in [-0.05, 0) is 45.5 Å². The molecule has 2 heterocycles. The van der Waals surface area contributed by atoms with Crippen molar-refractivity contribution < 1.29 is 4.74 Å². The van der Waals surface area contributed by atoms with Gasteiger partial charge in [0.15, 0.2) is 10.8 Å². The highest BCUT2D eigenvalue weighted by atomic mass is 32.1. The predicted octanol–water partition coefficient (Wildman–Crippen LogP) is 3.77. The zero-order valence-electron chi connectivity index (χ0n) is 13.4.